The third kappa shape index (κ3) is 5.20. The summed E-state index contributed by atoms with van der Waals surface area (Å²) in [6, 6.07) is 12.9. The van der Waals surface area contributed by atoms with Crippen LogP contribution in [-0.2, 0) is 22.7 Å². The smallest absolute Gasteiger partial charge is 0.222 e. The molecule has 0 atom stereocenters. The van der Waals surface area contributed by atoms with Crippen molar-refractivity contribution in [2.75, 3.05) is 19.0 Å². The lowest BCUT2D eigenvalue weighted by Crippen LogP contribution is -2.24. The van der Waals surface area contributed by atoms with Gasteiger partial charge in [-0.2, -0.15) is 0 Å². The van der Waals surface area contributed by atoms with Gasteiger partial charge in [-0.15, -0.1) is 0 Å². The third-order valence-corrected chi connectivity index (χ3v) is 5.06. The number of benzene rings is 1. The molecule has 3 aromatic rings. The van der Waals surface area contributed by atoms with E-state index >= 15 is 0 Å². The van der Waals surface area contributed by atoms with E-state index in [4.69, 9.17) is 16.0 Å². The van der Waals surface area contributed by atoms with E-state index in [0.717, 1.165) is 29.9 Å². The summed E-state index contributed by atoms with van der Waals surface area (Å²) in [5.74, 6) is 2.05. The summed E-state index contributed by atoms with van der Waals surface area (Å²) in [6.07, 6.45) is 4.64. The first-order chi connectivity index (χ1) is 15.6. The standard InChI is InChI=1S/C24H23N5O3/c1-25-19-7-10-23(27-13-19)28-18-6-9-22(17(12-18)15-29-11-3-4-24(29)30)32-21-8-5-20(16-31-2)26-14-21/h5-10,12-14H,3-4,11,15-16H2,2H3,(H,27,28). The molecular weight excluding hydrogens is 406 g/mol. The van der Waals surface area contributed by atoms with Crippen molar-refractivity contribution >= 4 is 23.1 Å². The number of carbonyl (C=O) groups is 1. The van der Waals surface area contributed by atoms with E-state index < -0.39 is 0 Å². The molecule has 4 rings (SSSR count). The predicted molar refractivity (Wildman–Crippen MR) is 120 cm³/mol. The zero-order valence-corrected chi connectivity index (χ0v) is 17.7. The van der Waals surface area contributed by atoms with Gasteiger partial charge in [-0.3, -0.25) is 14.8 Å². The molecule has 1 aliphatic rings. The van der Waals surface area contributed by atoms with Crippen LogP contribution in [0.2, 0.25) is 0 Å². The Kier molecular flexibility index (Phi) is 6.58. The lowest BCUT2D eigenvalue weighted by Gasteiger charge is -2.19. The van der Waals surface area contributed by atoms with Crippen LogP contribution < -0.4 is 10.1 Å². The maximum atomic E-state index is 12.2. The molecule has 1 amide bonds. The normalized spacial score (nSPS) is 13.1. The van der Waals surface area contributed by atoms with Crippen LogP contribution in [0.15, 0.2) is 54.9 Å². The molecule has 1 fully saturated rings. The monoisotopic (exact) mass is 429 g/mol. The van der Waals surface area contributed by atoms with Crippen molar-refractivity contribution in [3.05, 3.63) is 77.5 Å². The molecule has 0 radical (unpaired) electrons. The molecule has 1 saturated heterocycles. The molecule has 0 bridgehead atoms. The van der Waals surface area contributed by atoms with Crippen molar-refractivity contribution < 1.29 is 14.3 Å². The molecule has 1 aromatic carbocycles. The van der Waals surface area contributed by atoms with Crippen LogP contribution >= 0.6 is 0 Å². The number of likely N-dealkylation sites (tertiary alicyclic amines) is 1. The SMILES string of the molecule is [C-]#[N+]c1ccc(Nc2ccc(Oc3ccc(COC)nc3)c(CN3CCCC3=O)c2)nc1. The minimum absolute atomic E-state index is 0.149. The van der Waals surface area contributed by atoms with Gasteiger partial charge in [-0.05, 0) is 42.8 Å². The number of hydrogen-bond donors (Lipinski definition) is 1. The summed E-state index contributed by atoms with van der Waals surface area (Å²) in [5.41, 5.74) is 3.00. The molecule has 0 spiro atoms. The summed E-state index contributed by atoms with van der Waals surface area (Å²) in [6.45, 7) is 8.68. The third-order valence-electron chi connectivity index (χ3n) is 5.06. The number of methoxy groups -OCH3 is 1. The average molecular weight is 429 g/mol. The first-order valence-corrected chi connectivity index (χ1v) is 10.3. The minimum atomic E-state index is 0.149. The number of rotatable bonds is 8. The van der Waals surface area contributed by atoms with Crippen LogP contribution in [0.25, 0.3) is 4.85 Å². The van der Waals surface area contributed by atoms with Gasteiger partial charge in [0.15, 0.2) is 0 Å². The molecule has 0 aliphatic carbocycles. The highest BCUT2D eigenvalue weighted by Crippen LogP contribution is 2.31. The fraction of sp³-hybridized carbons (Fsp3) is 0.250. The number of nitrogens with one attached hydrogen (secondary N) is 1. The zero-order valence-electron chi connectivity index (χ0n) is 17.7. The summed E-state index contributed by atoms with van der Waals surface area (Å²) >= 11 is 0. The summed E-state index contributed by atoms with van der Waals surface area (Å²) in [5, 5.41) is 3.25. The fourth-order valence-corrected chi connectivity index (χ4v) is 3.46. The van der Waals surface area contributed by atoms with Crippen molar-refractivity contribution in [1.29, 1.82) is 0 Å². The maximum absolute atomic E-state index is 12.2. The Balaban J connectivity index is 1.57. The first kappa shape index (κ1) is 21.3. The summed E-state index contributed by atoms with van der Waals surface area (Å²) in [7, 11) is 1.63. The van der Waals surface area contributed by atoms with Crippen molar-refractivity contribution in [2.24, 2.45) is 0 Å². The van der Waals surface area contributed by atoms with E-state index in [1.54, 1.807) is 25.4 Å². The highest BCUT2D eigenvalue weighted by molar-refractivity contribution is 5.78. The van der Waals surface area contributed by atoms with Crippen molar-refractivity contribution in [1.82, 2.24) is 14.9 Å². The van der Waals surface area contributed by atoms with E-state index in [1.807, 2.05) is 35.2 Å². The highest BCUT2D eigenvalue weighted by atomic mass is 16.5. The Hall–Kier alpha value is -3.96. The molecule has 0 unspecified atom stereocenters. The van der Waals surface area contributed by atoms with Gasteiger partial charge >= 0.3 is 0 Å². The Morgan fingerprint density at radius 2 is 2.06 bits per heavy atom. The molecular formula is C24H23N5O3. The number of ether oxygens (including phenoxy) is 2. The largest absolute Gasteiger partial charge is 0.455 e. The Morgan fingerprint density at radius 3 is 2.72 bits per heavy atom. The van der Waals surface area contributed by atoms with Gasteiger partial charge in [0.2, 0.25) is 11.6 Å². The van der Waals surface area contributed by atoms with Crippen molar-refractivity contribution in [3.63, 3.8) is 0 Å². The van der Waals surface area contributed by atoms with Crippen molar-refractivity contribution in [2.45, 2.75) is 26.0 Å². The fourth-order valence-electron chi connectivity index (χ4n) is 3.46. The summed E-state index contributed by atoms with van der Waals surface area (Å²) in [4.78, 5) is 26.0. The van der Waals surface area contributed by atoms with E-state index in [1.165, 1.54) is 6.20 Å². The molecule has 1 N–H and O–H groups in total. The lowest BCUT2D eigenvalue weighted by molar-refractivity contribution is -0.128. The molecule has 3 heterocycles. The van der Waals surface area contributed by atoms with Crippen LogP contribution in [0.4, 0.5) is 17.2 Å². The second kappa shape index (κ2) is 9.90. The average Bonchev–Trinajstić information content (AvgIpc) is 3.22. The summed E-state index contributed by atoms with van der Waals surface area (Å²) < 4.78 is 11.2. The van der Waals surface area contributed by atoms with Gasteiger partial charge in [0.05, 0.1) is 25.1 Å². The molecule has 162 valence electrons. The second-order valence-corrected chi connectivity index (χ2v) is 7.40. The Labute approximate surface area is 186 Å². The van der Waals surface area contributed by atoms with Gasteiger partial charge in [-0.1, -0.05) is 6.07 Å². The van der Waals surface area contributed by atoms with Gasteiger partial charge < -0.3 is 19.7 Å². The van der Waals surface area contributed by atoms with Gasteiger partial charge in [0, 0.05) is 44.1 Å². The minimum Gasteiger partial charge on any atom is -0.455 e. The van der Waals surface area contributed by atoms with E-state index in [2.05, 4.69) is 20.1 Å². The topological polar surface area (TPSA) is 80.9 Å². The Morgan fingerprint density at radius 1 is 1.16 bits per heavy atom. The number of pyridine rings is 2. The van der Waals surface area contributed by atoms with Crippen LogP contribution in [0.1, 0.15) is 24.1 Å². The molecule has 8 nitrogen and oxygen atoms in total. The van der Waals surface area contributed by atoms with E-state index in [0.29, 0.717) is 42.6 Å². The number of hydrogen-bond acceptors (Lipinski definition) is 6. The number of amides is 1. The maximum Gasteiger partial charge on any atom is 0.222 e. The second-order valence-electron chi connectivity index (χ2n) is 7.40. The highest BCUT2D eigenvalue weighted by Gasteiger charge is 2.22. The lowest BCUT2D eigenvalue weighted by atomic mass is 10.1. The van der Waals surface area contributed by atoms with E-state index in [-0.39, 0.29) is 5.91 Å². The molecule has 2 aromatic heterocycles. The predicted octanol–water partition coefficient (Wildman–Crippen LogP) is 4.83. The molecule has 32 heavy (non-hydrogen) atoms. The first-order valence-electron chi connectivity index (χ1n) is 10.3. The molecule has 1 aliphatic heterocycles. The van der Waals surface area contributed by atoms with E-state index in [9.17, 15) is 4.79 Å². The number of carbonyl (C=O) groups excluding carboxylic acids is 1. The van der Waals surface area contributed by atoms with Crippen LogP contribution in [0.5, 0.6) is 11.5 Å². The number of anilines is 2. The van der Waals surface area contributed by atoms with Crippen LogP contribution in [-0.4, -0.2) is 34.4 Å². The van der Waals surface area contributed by atoms with Gasteiger partial charge in [0.1, 0.15) is 17.3 Å². The van der Waals surface area contributed by atoms with Crippen molar-refractivity contribution in [3.8, 4) is 11.5 Å². The molecule has 8 heteroatoms. The Bertz CT molecular complexity index is 1120. The van der Waals surface area contributed by atoms with Crippen LogP contribution in [0, 0.1) is 6.57 Å². The molecule has 0 saturated carbocycles. The quantitative estimate of drug-likeness (QED) is 0.517. The number of nitrogens with zero attached hydrogens (tertiary/aromatic N) is 4. The van der Waals surface area contributed by atoms with Crippen LogP contribution in [0.3, 0.4) is 0 Å². The number of aromatic nitrogens is 2. The van der Waals surface area contributed by atoms with Gasteiger partial charge in [-0.25, -0.2) is 4.85 Å². The van der Waals surface area contributed by atoms with Gasteiger partial charge in [0.25, 0.3) is 0 Å². The zero-order chi connectivity index (χ0) is 22.3.